The lowest BCUT2D eigenvalue weighted by atomic mass is 10.1. The SMILES string of the molecule is CCOC(=O)[C@@H](CC)Oc1ccc2c3c(c(=O)oc2c1)CCC3. The number of esters is 1. The molecule has 0 N–H and O–H groups in total. The van der Waals surface area contributed by atoms with E-state index >= 15 is 0 Å². The molecule has 23 heavy (non-hydrogen) atoms. The van der Waals surface area contributed by atoms with Gasteiger partial charge in [0.15, 0.2) is 6.10 Å². The van der Waals surface area contributed by atoms with Crippen LogP contribution in [-0.4, -0.2) is 18.7 Å². The first-order valence-corrected chi connectivity index (χ1v) is 8.06. The second-order valence-electron chi connectivity index (χ2n) is 5.62. The Hall–Kier alpha value is -2.30. The highest BCUT2D eigenvalue weighted by Crippen LogP contribution is 2.30. The number of hydrogen-bond acceptors (Lipinski definition) is 5. The van der Waals surface area contributed by atoms with Gasteiger partial charge in [0, 0.05) is 17.0 Å². The first-order valence-electron chi connectivity index (χ1n) is 8.06. The lowest BCUT2D eigenvalue weighted by molar-refractivity contribution is -0.151. The van der Waals surface area contributed by atoms with E-state index in [1.54, 1.807) is 13.0 Å². The van der Waals surface area contributed by atoms with Gasteiger partial charge in [0.25, 0.3) is 0 Å². The predicted octanol–water partition coefficient (Wildman–Crippen LogP) is 3.00. The van der Waals surface area contributed by atoms with E-state index in [1.807, 2.05) is 19.1 Å². The summed E-state index contributed by atoms with van der Waals surface area (Å²) in [4.78, 5) is 23.9. The fourth-order valence-electron chi connectivity index (χ4n) is 3.03. The fourth-order valence-corrected chi connectivity index (χ4v) is 3.03. The van der Waals surface area contributed by atoms with E-state index in [0.717, 1.165) is 35.8 Å². The predicted molar refractivity (Wildman–Crippen MR) is 85.8 cm³/mol. The first kappa shape index (κ1) is 15.6. The number of fused-ring (bicyclic) bond motifs is 3. The van der Waals surface area contributed by atoms with Crippen molar-refractivity contribution in [3.63, 3.8) is 0 Å². The van der Waals surface area contributed by atoms with E-state index in [1.165, 1.54) is 0 Å². The minimum atomic E-state index is -0.659. The Morgan fingerprint density at radius 3 is 2.78 bits per heavy atom. The monoisotopic (exact) mass is 316 g/mol. The van der Waals surface area contributed by atoms with Gasteiger partial charge in [-0.15, -0.1) is 0 Å². The van der Waals surface area contributed by atoms with Gasteiger partial charge in [-0.2, -0.15) is 0 Å². The lowest BCUT2D eigenvalue weighted by Gasteiger charge is -2.16. The van der Waals surface area contributed by atoms with E-state index < -0.39 is 6.10 Å². The summed E-state index contributed by atoms with van der Waals surface area (Å²) in [5, 5.41) is 0.952. The first-order chi connectivity index (χ1) is 11.1. The summed E-state index contributed by atoms with van der Waals surface area (Å²) < 4.78 is 16.1. The van der Waals surface area contributed by atoms with Gasteiger partial charge in [-0.05, 0) is 50.3 Å². The fraction of sp³-hybridized carbons (Fsp3) is 0.444. The summed E-state index contributed by atoms with van der Waals surface area (Å²) in [5.74, 6) is 0.115. The Morgan fingerprint density at radius 2 is 2.04 bits per heavy atom. The van der Waals surface area contributed by atoms with Crippen molar-refractivity contribution in [3.05, 3.63) is 39.7 Å². The van der Waals surface area contributed by atoms with Gasteiger partial charge in [0.05, 0.1) is 6.61 Å². The number of rotatable bonds is 5. The molecule has 1 aliphatic carbocycles. The highest BCUT2D eigenvalue weighted by atomic mass is 16.6. The van der Waals surface area contributed by atoms with Crippen molar-refractivity contribution in [2.24, 2.45) is 0 Å². The maximum atomic E-state index is 12.0. The summed E-state index contributed by atoms with van der Waals surface area (Å²) in [5.41, 5.74) is 2.12. The van der Waals surface area contributed by atoms with Crippen LogP contribution in [0.5, 0.6) is 5.75 Å². The molecular weight excluding hydrogens is 296 g/mol. The van der Waals surface area contributed by atoms with Gasteiger partial charge in [-0.1, -0.05) is 6.92 Å². The molecule has 2 aromatic rings. The topological polar surface area (TPSA) is 65.7 Å². The average Bonchev–Trinajstić information content (AvgIpc) is 3.03. The highest BCUT2D eigenvalue weighted by molar-refractivity contribution is 5.83. The average molecular weight is 316 g/mol. The summed E-state index contributed by atoms with van der Waals surface area (Å²) in [7, 11) is 0. The van der Waals surface area contributed by atoms with E-state index in [-0.39, 0.29) is 11.6 Å². The van der Waals surface area contributed by atoms with Crippen molar-refractivity contribution in [1.29, 1.82) is 0 Å². The minimum absolute atomic E-state index is 0.264. The number of carbonyl (C=O) groups is 1. The molecule has 1 atom stereocenters. The second-order valence-corrected chi connectivity index (χ2v) is 5.62. The summed E-state index contributed by atoms with van der Waals surface area (Å²) in [6.45, 7) is 3.93. The molecule has 0 aliphatic heterocycles. The zero-order chi connectivity index (χ0) is 16.4. The lowest BCUT2D eigenvalue weighted by Crippen LogP contribution is -2.28. The van der Waals surface area contributed by atoms with Crippen LogP contribution in [0.1, 0.15) is 37.8 Å². The van der Waals surface area contributed by atoms with Crippen LogP contribution in [0.25, 0.3) is 11.0 Å². The Balaban J connectivity index is 1.93. The van der Waals surface area contributed by atoms with Crippen LogP contribution in [0.3, 0.4) is 0 Å². The molecule has 0 radical (unpaired) electrons. The van der Waals surface area contributed by atoms with E-state index in [9.17, 15) is 9.59 Å². The summed E-state index contributed by atoms with van der Waals surface area (Å²) >= 11 is 0. The maximum absolute atomic E-state index is 12.0. The summed E-state index contributed by atoms with van der Waals surface area (Å²) in [6.07, 6.45) is 2.52. The van der Waals surface area contributed by atoms with Crippen LogP contribution in [0.2, 0.25) is 0 Å². The van der Waals surface area contributed by atoms with Crippen LogP contribution in [-0.2, 0) is 22.4 Å². The molecule has 0 bridgehead atoms. The van der Waals surface area contributed by atoms with Crippen LogP contribution >= 0.6 is 0 Å². The Bertz CT molecular complexity index is 790. The van der Waals surface area contributed by atoms with Gasteiger partial charge in [-0.3, -0.25) is 0 Å². The molecule has 0 unspecified atom stereocenters. The normalized spacial score (nSPS) is 14.5. The van der Waals surface area contributed by atoms with Crippen molar-refractivity contribution in [1.82, 2.24) is 0 Å². The Labute approximate surface area is 134 Å². The molecule has 5 nitrogen and oxygen atoms in total. The molecule has 0 spiro atoms. The number of ether oxygens (including phenoxy) is 2. The quantitative estimate of drug-likeness (QED) is 0.626. The smallest absolute Gasteiger partial charge is 0.347 e. The third kappa shape index (κ3) is 2.96. The van der Waals surface area contributed by atoms with Crippen molar-refractivity contribution < 1.29 is 18.7 Å². The minimum Gasteiger partial charge on any atom is -0.479 e. The van der Waals surface area contributed by atoms with Crippen LogP contribution in [0.15, 0.2) is 27.4 Å². The third-order valence-corrected chi connectivity index (χ3v) is 4.14. The van der Waals surface area contributed by atoms with E-state index in [2.05, 4.69) is 0 Å². The molecule has 1 aromatic carbocycles. The molecule has 1 aliphatic rings. The Morgan fingerprint density at radius 1 is 1.26 bits per heavy atom. The van der Waals surface area contributed by atoms with Crippen molar-refractivity contribution in [3.8, 4) is 5.75 Å². The van der Waals surface area contributed by atoms with Gasteiger partial charge in [0.1, 0.15) is 11.3 Å². The van der Waals surface area contributed by atoms with Crippen molar-refractivity contribution in [2.45, 2.75) is 45.6 Å². The molecule has 0 saturated carbocycles. The molecular formula is C18H20O5. The molecule has 122 valence electrons. The molecule has 0 amide bonds. The third-order valence-electron chi connectivity index (χ3n) is 4.14. The van der Waals surface area contributed by atoms with Crippen LogP contribution in [0, 0.1) is 0 Å². The standard InChI is InChI=1S/C18H20O5/c1-3-15(18(20)21-4-2)22-11-8-9-13-12-6-5-7-14(12)17(19)23-16(13)10-11/h8-10,15H,3-7H2,1-2H3/t15-/m1/s1. The number of aryl methyl sites for hydroxylation is 1. The van der Waals surface area contributed by atoms with E-state index in [0.29, 0.717) is 24.4 Å². The van der Waals surface area contributed by atoms with Gasteiger partial charge in [-0.25, -0.2) is 9.59 Å². The maximum Gasteiger partial charge on any atom is 0.347 e. The second kappa shape index (κ2) is 6.44. The van der Waals surface area contributed by atoms with E-state index in [4.69, 9.17) is 13.9 Å². The van der Waals surface area contributed by atoms with Crippen LogP contribution in [0.4, 0.5) is 0 Å². The molecule has 0 fully saturated rings. The number of carbonyl (C=O) groups excluding carboxylic acids is 1. The molecule has 1 heterocycles. The molecule has 5 heteroatoms. The molecule has 1 aromatic heterocycles. The zero-order valence-corrected chi connectivity index (χ0v) is 13.4. The number of hydrogen-bond donors (Lipinski definition) is 0. The molecule has 0 saturated heterocycles. The highest BCUT2D eigenvalue weighted by Gasteiger charge is 2.22. The zero-order valence-electron chi connectivity index (χ0n) is 13.4. The van der Waals surface area contributed by atoms with Crippen molar-refractivity contribution >= 4 is 16.9 Å². The largest absolute Gasteiger partial charge is 0.479 e. The van der Waals surface area contributed by atoms with Gasteiger partial charge in [0.2, 0.25) is 0 Å². The Kier molecular flexibility index (Phi) is 4.37. The van der Waals surface area contributed by atoms with Crippen LogP contribution < -0.4 is 10.4 Å². The number of benzene rings is 1. The van der Waals surface area contributed by atoms with Gasteiger partial charge >= 0.3 is 11.6 Å². The molecule has 3 rings (SSSR count). The van der Waals surface area contributed by atoms with Crippen molar-refractivity contribution in [2.75, 3.05) is 6.61 Å². The summed E-state index contributed by atoms with van der Waals surface area (Å²) in [6, 6.07) is 5.38. The van der Waals surface area contributed by atoms with Gasteiger partial charge < -0.3 is 13.9 Å².